The summed E-state index contributed by atoms with van der Waals surface area (Å²) in [5.74, 6) is 5.82. The van der Waals surface area contributed by atoms with Gasteiger partial charge in [0.2, 0.25) is 0 Å². The van der Waals surface area contributed by atoms with E-state index >= 15 is 0 Å². The number of benzene rings is 1. The minimum Gasteiger partial charge on any atom is -0.410 e. The number of carbonyl (C=O) groups excluding carboxylic acids is 1. The zero-order chi connectivity index (χ0) is 19.4. The summed E-state index contributed by atoms with van der Waals surface area (Å²) in [7, 11) is 0. The Labute approximate surface area is 153 Å². The highest BCUT2D eigenvalue weighted by Gasteiger charge is 2.33. The molecule has 0 radical (unpaired) electrons. The molecule has 3 N–H and O–H groups in total. The van der Waals surface area contributed by atoms with Crippen molar-refractivity contribution in [2.45, 2.75) is 6.18 Å². The van der Waals surface area contributed by atoms with Gasteiger partial charge in [-0.1, -0.05) is 18.2 Å². The Morgan fingerprint density at radius 2 is 1.78 bits per heavy atom. The average molecular weight is 381 g/mol. The molecule has 1 amide bonds. The first-order valence-electron chi connectivity index (χ1n) is 8.19. The van der Waals surface area contributed by atoms with E-state index in [1.807, 2.05) is 0 Å². The third-order valence-corrected chi connectivity index (χ3v) is 3.96. The lowest BCUT2D eigenvalue weighted by Crippen LogP contribution is -2.49. The van der Waals surface area contributed by atoms with Crippen molar-refractivity contribution in [3.8, 4) is 5.75 Å². The Kier molecular flexibility index (Phi) is 5.47. The van der Waals surface area contributed by atoms with Crippen LogP contribution in [0.2, 0.25) is 0 Å². The topological polar surface area (TPSA) is 83.7 Å². The van der Waals surface area contributed by atoms with E-state index in [0.717, 1.165) is 12.1 Å². The van der Waals surface area contributed by atoms with Gasteiger partial charge in [0.25, 0.3) is 0 Å². The van der Waals surface area contributed by atoms with E-state index < -0.39 is 17.8 Å². The highest BCUT2D eigenvalue weighted by Crippen LogP contribution is 2.33. The number of anilines is 2. The van der Waals surface area contributed by atoms with Gasteiger partial charge >= 0.3 is 12.3 Å². The third kappa shape index (κ3) is 5.08. The van der Waals surface area contributed by atoms with Crippen molar-refractivity contribution in [3.05, 3.63) is 48.0 Å². The maximum absolute atomic E-state index is 13.2. The van der Waals surface area contributed by atoms with E-state index in [1.54, 1.807) is 40.2 Å². The van der Waals surface area contributed by atoms with Gasteiger partial charge in [-0.15, -0.1) is 0 Å². The second kappa shape index (κ2) is 7.80. The van der Waals surface area contributed by atoms with Crippen LogP contribution in [0, 0.1) is 0 Å². The minimum absolute atomic E-state index is 0.118. The lowest BCUT2D eigenvalue weighted by atomic mass is 10.2. The summed E-state index contributed by atoms with van der Waals surface area (Å²) >= 11 is 0. The highest BCUT2D eigenvalue weighted by atomic mass is 19.4. The van der Waals surface area contributed by atoms with Crippen molar-refractivity contribution in [1.29, 1.82) is 0 Å². The summed E-state index contributed by atoms with van der Waals surface area (Å²) < 4.78 is 44.8. The number of piperazine rings is 1. The van der Waals surface area contributed by atoms with Gasteiger partial charge in [0, 0.05) is 26.2 Å². The van der Waals surface area contributed by atoms with Gasteiger partial charge in [-0.3, -0.25) is 11.2 Å². The lowest BCUT2D eigenvalue weighted by Gasteiger charge is -2.33. The largest absolute Gasteiger partial charge is 0.418 e. The molecule has 2 heterocycles. The predicted molar refractivity (Wildman–Crippen MR) is 93.3 cm³/mol. The number of alkyl halides is 3. The average Bonchev–Trinajstić information content (AvgIpc) is 2.62. The van der Waals surface area contributed by atoms with Crippen molar-refractivity contribution >= 4 is 17.7 Å². The smallest absolute Gasteiger partial charge is 0.410 e. The zero-order valence-electron chi connectivity index (χ0n) is 14.2. The van der Waals surface area contributed by atoms with Crippen molar-refractivity contribution in [3.63, 3.8) is 0 Å². The number of nitrogens with two attached hydrogens (primary N) is 1. The number of nitrogens with one attached hydrogen (secondary N) is 1. The number of rotatable bonds is 3. The number of aromatic nitrogens is 1. The number of hydrogen-bond acceptors (Lipinski definition) is 6. The molecule has 1 aromatic carbocycles. The first kappa shape index (κ1) is 18.9. The van der Waals surface area contributed by atoms with E-state index in [2.05, 4.69) is 10.3 Å². The molecule has 1 fully saturated rings. The van der Waals surface area contributed by atoms with Crippen LogP contribution in [-0.4, -0.2) is 42.3 Å². The molecule has 0 spiro atoms. The van der Waals surface area contributed by atoms with E-state index in [0.29, 0.717) is 26.2 Å². The Morgan fingerprint density at radius 1 is 1.11 bits per heavy atom. The number of hydrazine groups is 1. The molecule has 2 aromatic rings. The second-order valence-corrected chi connectivity index (χ2v) is 5.95. The number of halogens is 3. The summed E-state index contributed by atoms with van der Waals surface area (Å²) in [5.41, 5.74) is -0.905. The van der Waals surface area contributed by atoms with Crippen LogP contribution in [-0.2, 0) is 6.18 Å². The van der Waals surface area contributed by atoms with Crippen molar-refractivity contribution in [2.75, 3.05) is 36.4 Å². The Bertz CT molecular complexity index is 793. The van der Waals surface area contributed by atoms with Crippen molar-refractivity contribution < 1.29 is 22.7 Å². The molecule has 0 bridgehead atoms. The molecule has 3 rings (SSSR count). The molecule has 0 saturated carbocycles. The fraction of sp³-hybridized carbons (Fsp3) is 0.294. The Morgan fingerprint density at radius 3 is 2.41 bits per heavy atom. The molecule has 1 aromatic heterocycles. The fourth-order valence-electron chi connectivity index (χ4n) is 2.58. The maximum atomic E-state index is 13.2. The van der Waals surface area contributed by atoms with Gasteiger partial charge in [-0.2, -0.15) is 13.2 Å². The molecule has 1 aliphatic rings. The van der Waals surface area contributed by atoms with Gasteiger partial charge in [0.15, 0.2) is 0 Å². The van der Waals surface area contributed by atoms with Crippen LogP contribution < -0.4 is 20.8 Å². The van der Waals surface area contributed by atoms with E-state index in [-0.39, 0.29) is 17.4 Å². The predicted octanol–water partition coefficient (Wildman–Crippen LogP) is 2.71. The van der Waals surface area contributed by atoms with Gasteiger partial charge in [0.05, 0.1) is 5.56 Å². The number of para-hydroxylation sites is 1. The number of hydrogen-bond donors (Lipinski definition) is 2. The SMILES string of the molecule is NN1CCN(c2cc(C(F)(F)F)cc(NC(=O)Oc3ccccc3)n2)CC1. The third-order valence-electron chi connectivity index (χ3n) is 3.96. The van der Waals surface area contributed by atoms with E-state index in [1.165, 1.54) is 0 Å². The fourth-order valence-corrected chi connectivity index (χ4v) is 2.58. The molecule has 0 aliphatic carbocycles. The van der Waals surface area contributed by atoms with Crippen LogP contribution in [0.15, 0.2) is 42.5 Å². The van der Waals surface area contributed by atoms with Crippen LogP contribution in [0.25, 0.3) is 0 Å². The molecule has 27 heavy (non-hydrogen) atoms. The van der Waals surface area contributed by atoms with Gasteiger partial charge in [-0.05, 0) is 24.3 Å². The van der Waals surface area contributed by atoms with Gasteiger partial charge in [-0.25, -0.2) is 14.8 Å². The van der Waals surface area contributed by atoms with Crippen LogP contribution in [0.4, 0.5) is 29.6 Å². The number of carbonyl (C=O) groups is 1. The molecule has 1 aliphatic heterocycles. The normalized spacial score (nSPS) is 15.5. The molecule has 7 nitrogen and oxygen atoms in total. The number of nitrogens with zero attached hydrogens (tertiary/aromatic N) is 3. The Balaban J connectivity index is 1.81. The number of pyridine rings is 1. The molecule has 1 saturated heterocycles. The van der Waals surface area contributed by atoms with Gasteiger partial charge < -0.3 is 9.64 Å². The summed E-state index contributed by atoms with van der Waals surface area (Å²) in [6, 6.07) is 9.91. The van der Waals surface area contributed by atoms with E-state index in [9.17, 15) is 18.0 Å². The van der Waals surface area contributed by atoms with Crippen molar-refractivity contribution in [2.24, 2.45) is 5.84 Å². The number of ether oxygens (including phenoxy) is 1. The summed E-state index contributed by atoms with van der Waals surface area (Å²) in [5, 5.41) is 3.84. The van der Waals surface area contributed by atoms with E-state index in [4.69, 9.17) is 10.6 Å². The summed E-state index contributed by atoms with van der Waals surface area (Å²) in [4.78, 5) is 17.8. The summed E-state index contributed by atoms with van der Waals surface area (Å²) in [6.45, 7) is 1.85. The molecule has 0 unspecified atom stereocenters. The molecular formula is C17H18F3N5O2. The molecule has 10 heteroatoms. The minimum atomic E-state index is -4.58. The first-order chi connectivity index (χ1) is 12.8. The molecule has 0 atom stereocenters. The van der Waals surface area contributed by atoms with Crippen molar-refractivity contribution in [1.82, 2.24) is 9.99 Å². The van der Waals surface area contributed by atoms with Crippen LogP contribution in [0.1, 0.15) is 5.56 Å². The van der Waals surface area contributed by atoms with Gasteiger partial charge in [0.1, 0.15) is 17.4 Å². The Hall–Kier alpha value is -2.85. The van der Waals surface area contributed by atoms with Crippen LogP contribution in [0.5, 0.6) is 5.75 Å². The van der Waals surface area contributed by atoms with Crippen LogP contribution in [0.3, 0.4) is 0 Å². The quantitative estimate of drug-likeness (QED) is 0.796. The summed E-state index contributed by atoms with van der Waals surface area (Å²) in [6.07, 6.45) is -5.50. The molecule has 144 valence electrons. The monoisotopic (exact) mass is 381 g/mol. The number of amides is 1. The zero-order valence-corrected chi connectivity index (χ0v) is 14.2. The first-order valence-corrected chi connectivity index (χ1v) is 8.19. The molecular weight excluding hydrogens is 363 g/mol. The second-order valence-electron chi connectivity index (χ2n) is 5.95. The highest BCUT2D eigenvalue weighted by molar-refractivity contribution is 5.85. The standard InChI is InChI=1S/C17H18F3N5O2/c18-17(19,20)12-10-14(23-16(26)27-13-4-2-1-3-5-13)22-15(11-12)24-6-8-25(21)9-7-24/h1-5,10-11H,6-9,21H2,(H,22,23,26). The van der Waals surface area contributed by atoms with Crippen LogP contribution >= 0.6 is 0 Å². The lowest BCUT2D eigenvalue weighted by molar-refractivity contribution is -0.137. The maximum Gasteiger partial charge on any atom is 0.418 e.